The maximum atomic E-state index is 12.4. The number of aryl methyl sites for hydroxylation is 1. The molecule has 1 aromatic rings. The van der Waals surface area contributed by atoms with E-state index in [1.807, 2.05) is 6.92 Å². The van der Waals surface area contributed by atoms with Crippen molar-refractivity contribution in [3.05, 3.63) is 29.8 Å². The van der Waals surface area contributed by atoms with Gasteiger partial charge in [-0.25, -0.2) is 0 Å². The largest absolute Gasteiger partial charge is 0.376 e. The van der Waals surface area contributed by atoms with E-state index in [-0.39, 0.29) is 18.1 Å². The molecule has 2 fully saturated rings. The minimum Gasteiger partial charge on any atom is -0.376 e. The number of nitrogens with zero attached hydrogens (tertiary/aromatic N) is 2. The zero-order valence-electron chi connectivity index (χ0n) is 14.8. The average molecular weight is 331 g/mol. The molecule has 2 aliphatic rings. The second-order valence-corrected chi connectivity index (χ2v) is 6.91. The summed E-state index contributed by atoms with van der Waals surface area (Å²) < 4.78 is 5.56. The standard InChI is InChI=1S/C19H29N3O2/c1-15-5-7-17(8-6-15)22-11-9-21(10-12-22)16(2)19(23)20-14-18-4-3-13-24-18/h5-8,16,18H,3-4,9-14H2,1-2H3,(H,20,23)/t16-,18-/m1/s1. The highest BCUT2D eigenvalue weighted by atomic mass is 16.5. The molecule has 2 heterocycles. The number of carbonyl (C=O) groups excluding carboxylic acids is 1. The molecule has 3 rings (SSSR count). The Labute approximate surface area is 145 Å². The molecule has 1 N–H and O–H groups in total. The van der Waals surface area contributed by atoms with E-state index in [1.54, 1.807) is 0 Å². The SMILES string of the molecule is Cc1ccc(N2CCN([C@H](C)C(=O)NC[C@H]3CCCO3)CC2)cc1. The van der Waals surface area contributed by atoms with E-state index in [0.717, 1.165) is 45.6 Å². The maximum absolute atomic E-state index is 12.4. The third-order valence-electron chi connectivity index (χ3n) is 5.17. The van der Waals surface area contributed by atoms with Crippen molar-refractivity contribution in [3.8, 4) is 0 Å². The van der Waals surface area contributed by atoms with Crippen LogP contribution in [0.1, 0.15) is 25.3 Å². The van der Waals surface area contributed by atoms with Crippen LogP contribution in [0.4, 0.5) is 5.69 Å². The van der Waals surface area contributed by atoms with Gasteiger partial charge in [-0.1, -0.05) is 17.7 Å². The predicted octanol–water partition coefficient (Wildman–Crippen LogP) is 1.80. The van der Waals surface area contributed by atoms with Crippen molar-refractivity contribution in [2.24, 2.45) is 0 Å². The smallest absolute Gasteiger partial charge is 0.237 e. The van der Waals surface area contributed by atoms with Crippen molar-refractivity contribution < 1.29 is 9.53 Å². The second kappa shape index (κ2) is 7.99. The quantitative estimate of drug-likeness (QED) is 0.894. The number of hydrogen-bond donors (Lipinski definition) is 1. The Balaban J connectivity index is 1.44. The van der Waals surface area contributed by atoms with Crippen molar-refractivity contribution in [3.63, 3.8) is 0 Å². The Morgan fingerprint density at radius 1 is 1.25 bits per heavy atom. The van der Waals surface area contributed by atoms with Crippen LogP contribution in [0.25, 0.3) is 0 Å². The van der Waals surface area contributed by atoms with Crippen LogP contribution in [0.3, 0.4) is 0 Å². The number of piperazine rings is 1. The zero-order valence-corrected chi connectivity index (χ0v) is 14.8. The summed E-state index contributed by atoms with van der Waals surface area (Å²) in [4.78, 5) is 17.0. The van der Waals surface area contributed by atoms with Crippen LogP contribution in [-0.4, -0.2) is 62.3 Å². The lowest BCUT2D eigenvalue weighted by Gasteiger charge is -2.38. The fourth-order valence-electron chi connectivity index (χ4n) is 3.46. The van der Waals surface area contributed by atoms with Crippen LogP contribution < -0.4 is 10.2 Å². The lowest BCUT2D eigenvalue weighted by Crippen LogP contribution is -2.54. The van der Waals surface area contributed by atoms with E-state index >= 15 is 0 Å². The van der Waals surface area contributed by atoms with Gasteiger partial charge in [0.2, 0.25) is 5.91 Å². The van der Waals surface area contributed by atoms with E-state index in [1.165, 1.54) is 11.3 Å². The van der Waals surface area contributed by atoms with Gasteiger partial charge < -0.3 is 15.0 Å². The molecule has 5 nitrogen and oxygen atoms in total. The first kappa shape index (κ1) is 17.2. The lowest BCUT2D eigenvalue weighted by molar-refractivity contribution is -0.126. The van der Waals surface area contributed by atoms with Crippen LogP contribution in [0.5, 0.6) is 0 Å². The summed E-state index contributed by atoms with van der Waals surface area (Å²) >= 11 is 0. The summed E-state index contributed by atoms with van der Waals surface area (Å²) in [6.45, 7) is 9.36. The Kier molecular flexibility index (Phi) is 5.74. The molecule has 0 saturated carbocycles. The fourth-order valence-corrected chi connectivity index (χ4v) is 3.46. The third-order valence-corrected chi connectivity index (χ3v) is 5.17. The normalized spacial score (nSPS) is 23.2. The molecule has 24 heavy (non-hydrogen) atoms. The molecule has 0 bridgehead atoms. The molecule has 0 aliphatic carbocycles. The molecular weight excluding hydrogens is 302 g/mol. The van der Waals surface area contributed by atoms with Crippen molar-refractivity contribution in [2.75, 3.05) is 44.2 Å². The third kappa shape index (κ3) is 4.28. The number of benzene rings is 1. The van der Waals surface area contributed by atoms with Gasteiger partial charge in [-0.2, -0.15) is 0 Å². The minimum atomic E-state index is -0.0772. The Bertz CT molecular complexity index is 532. The molecule has 0 radical (unpaired) electrons. The summed E-state index contributed by atoms with van der Waals surface area (Å²) in [6.07, 6.45) is 2.38. The van der Waals surface area contributed by atoms with Crippen LogP contribution in [0.2, 0.25) is 0 Å². The molecule has 2 aliphatic heterocycles. The van der Waals surface area contributed by atoms with Gasteiger partial charge in [-0.15, -0.1) is 0 Å². The molecular formula is C19H29N3O2. The summed E-state index contributed by atoms with van der Waals surface area (Å²) in [5.74, 6) is 0.120. The molecule has 132 valence electrons. The number of anilines is 1. The summed E-state index contributed by atoms with van der Waals surface area (Å²) in [5.41, 5.74) is 2.56. The highest BCUT2D eigenvalue weighted by molar-refractivity contribution is 5.81. The molecule has 0 aromatic heterocycles. The Morgan fingerprint density at radius 3 is 2.58 bits per heavy atom. The lowest BCUT2D eigenvalue weighted by atomic mass is 10.1. The molecule has 0 spiro atoms. The van der Waals surface area contributed by atoms with E-state index in [4.69, 9.17) is 4.74 Å². The van der Waals surface area contributed by atoms with Crippen LogP contribution in [0, 0.1) is 6.92 Å². The van der Waals surface area contributed by atoms with E-state index in [0.29, 0.717) is 6.54 Å². The average Bonchev–Trinajstić information content (AvgIpc) is 3.13. The van der Waals surface area contributed by atoms with Crippen molar-refractivity contribution >= 4 is 11.6 Å². The van der Waals surface area contributed by atoms with Crippen molar-refractivity contribution in [2.45, 2.75) is 38.8 Å². The van der Waals surface area contributed by atoms with Gasteiger partial charge in [0, 0.05) is 45.0 Å². The molecule has 2 saturated heterocycles. The fraction of sp³-hybridized carbons (Fsp3) is 0.632. The van der Waals surface area contributed by atoms with Crippen molar-refractivity contribution in [1.82, 2.24) is 10.2 Å². The van der Waals surface area contributed by atoms with Gasteiger partial charge in [-0.3, -0.25) is 9.69 Å². The first-order valence-corrected chi connectivity index (χ1v) is 9.08. The summed E-state index contributed by atoms with van der Waals surface area (Å²) in [6, 6.07) is 8.60. The Morgan fingerprint density at radius 2 is 1.96 bits per heavy atom. The first-order valence-electron chi connectivity index (χ1n) is 9.08. The van der Waals surface area contributed by atoms with Crippen molar-refractivity contribution in [1.29, 1.82) is 0 Å². The predicted molar refractivity (Wildman–Crippen MR) is 96.4 cm³/mol. The van der Waals surface area contributed by atoms with E-state index < -0.39 is 0 Å². The monoisotopic (exact) mass is 331 g/mol. The van der Waals surface area contributed by atoms with Crippen LogP contribution in [0.15, 0.2) is 24.3 Å². The number of amides is 1. The highest BCUT2D eigenvalue weighted by Gasteiger charge is 2.26. The van der Waals surface area contributed by atoms with Crippen LogP contribution >= 0.6 is 0 Å². The number of ether oxygens (including phenoxy) is 1. The van der Waals surface area contributed by atoms with E-state index in [9.17, 15) is 4.79 Å². The first-order chi connectivity index (χ1) is 11.6. The molecule has 1 aromatic carbocycles. The van der Waals surface area contributed by atoms with Gasteiger partial charge in [0.05, 0.1) is 12.1 Å². The maximum Gasteiger partial charge on any atom is 0.237 e. The summed E-state index contributed by atoms with van der Waals surface area (Å²) in [5, 5.41) is 3.05. The van der Waals surface area contributed by atoms with Gasteiger partial charge in [0.15, 0.2) is 0 Å². The zero-order chi connectivity index (χ0) is 16.9. The number of carbonyl (C=O) groups is 1. The van der Waals surface area contributed by atoms with Crippen LogP contribution in [-0.2, 0) is 9.53 Å². The number of rotatable bonds is 5. The van der Waals surface area contributed by atoms with E-state index in [2.05, 4.69) is 46.3 Å². The summed E-state index contributed by atoms with van der Waals surface area (Å²) in [7, 11) is 0. The van der Waals surface area contributed by atoms with Gasteiger partial charge in [0.1, 0.15) is 0 Å². The van der Waals surface area contributed by atoms with Gasteiger partial charge >= 0.3 is 0 Å². The molecule has 2 atom stereocenters. The minimum absolute atomic E-state index is 0.0772. The molecule has 5 heteroatoms. The van der Waals surface area contributed by atoms with Gasteiger partial charge in [-0.05, 0) is 38.8 Å². The highest BCUT2D eigenvalue weighted by Crippen LogP contribution is 2.18. The molecule has 0 unspecified atom stereocenters. The number of hydrogen-bond acceptors (Lipinski definition) is 4. The second-order valence-electron chi connectivity index (χ2n) is 6.91. The van der Waals surface area contributed by atoms with Gasteiger partial charge in [0.25, 0.3) is 0 Å². The number of nitrogens with one attached hydrogen (secondary N) is 1. The topological polar surface area (TPSA) is 44.8 Å². The Hall–Kier alpha value is -1.59. The molecule has 1 amide bonds.